The molecule has 8 heteroatoms. The summed E-state index contributed by atoms with van der Waals surface area (Å²) in [5, 5.41) is 12.5. The number of fused-ring (bicyclic) bond motifs is 1. The molecule has 0 bridgehead atoms. The Morgan fingerprint density at radius 2 is 2.25 bits per heavy atom. The largest absolute Gasteiger partial charge is 0.369 e. The SMILES string of the molecule is Cc1cc2c(NCCc3nncn3C)nc(Cl)nc2s1. The molecule has 0 aliphatic carbocycles. The van der Waals surface area contributed by atoms with Gasteiger partial charge in [0.2, 0.25) is 5.28 Å². The number of nitrogens with one attached hydrogen (secondary N) is 1. The molecule has 0 amide bonds. The van der Waals surface area contributed by atoms with Crippen LogP contribution in [0.5, 0.6) is 0 Å². The van der Waals surface area contributed by atoms with Crippen molar-refractivity contribution in [3.8, 4) is 0 Å². The van der Waals surface area contributed by atoms with E-state index >= 15 is 0 Å². The molecule has 0 aliphatic rings. The van der Waals surface area contributed by atoms with E-state index in [0.29, 0.717) is 6.54 Å². The topological polar surface area (TPSA) is 68.5 Å². The van der Waals surface area contributed by atoms with E-state index < -0.39 is 0 Å². The Hall–Kier alpha value is -1.73. The lowest BCUT2D eigenvalue weighted by molar-refractivity contribution is 0.787. The highest BCUT2D eigenvalue weighted by Gasteiger charge is 2.09. The molecule has 1 N–H and O–H groups in total. The van der Waals surface area contributed by atoms with Crippen molar-refractivity contribution in [2.24, 2.45) is 7.05 Å². The van der Waals surface area contributed by atoms with E-state index in [1.165, 1.54) is 4.88 Å². The summed E-state index contributed by atoms with van der Waals surface area (Å²) in [4.78, 5) is 10.6. The van der Waals surface area contributed by atoms with Crippen molar-refractivity contribution in [1.29, 1.82) is 0 Å². The van der Waals surface area contributed by atoms with Crippen LogP contribution in [0.3, 0.4) is 0 Å². The fourth-order valence-corrected chi connectivity index (χ4v) is 3.08. The van der Waals surface area contributed by atoms with E-state index in [4.69, 9.17) is 11.6 Å². The van der Waals surface area contributed by atoms with E-state index in [-0.39, 0.29) is 5.28 Å². The lowest BCUT2D eigenvalue weighted by Crippen LogP contribution is -2.10. The zero-order chi connectivity index (χ0) is 14.1. The predicted molar refractivity (Wildman–Crippen MR) is 80.4 cm³/mol. The molecule has 0 saturated carbocycles. The molecule has 3 rings (SSSR count). The van der Waals surface area contributed by atoms with Crippen LogP contribution in [0.25, 0.3) is 10.2 Å². The van der Waals surface area contributed by atoms with Crippen LogP contribution in [0.1, 0.15) is 10.7 Å². The number of hydrogen-bond donors (Lipinski definition) is 1. The minimum absolute atomic E-state index is 0.264. The third kappa shape index (κ3) is 2.59. The zero-order valence-electron chi connectivity index (χ0n) is 11.1. The van der Waals surface area contributed by atoms with E-state index in [1.54, 1.807) is 17.7 Å². The summed E-state index contributed by atoms with van der Waals surface area (Å²) in [6, 6.07) is 2.07. The Bertz CT molecular complexity index is 750. The normalized spacial score (nSPS) is 11.2. The smallest absolute Gasteiger partial charge is 0.225 e. The van der Waals surface area contributed by atoms with Crippen LogP contribution in [0.4, 0.5) is 5.82 Å². The standard InChI is InChI=1S/C12H13ClN6S/c1-7-5-8-10(16-12(13)17-11(8)20-7)14-4-3-9-18-15-6-19(9)2/h5-6H,3-4H2,1-2H3,(H,14,16,17). The van der Waals surface area contributed by atoms with E-state index in [0.717, 1.165) is 28.3 Å². The van der Waals surface area contributed by atoms with Crippen LogP contribution in [0, 0.1) is 6.92 Å². The summed E-state index contributed by atoms with van der Waals surface area (Å²) in [5.41, 5.74) is 0. The van der Waals surface area contributed by atoms with Crippen molar-refractivity contribution in [2.75, 3.05) is 11.9 Å². The first-order chi connectivity index (χ1) is 9.63. The summed E-state index contributed by atoms with van der Waals surface area (Å²) in [6.45, 7) is 2.76. The van der Waals surface area contributed by atoms with Gasteiger partial charge in [-0.1, -0.05) is 0 Å². The number of nitrogens with zero attached hydrogens (tertiary/aromatic N) is 5. The van der Waals surface area contributed by atoms with Crippen LogP contribution in [-0.4, -0.2) is 31.3 Å². The average molecular weight is 309 g/mol. The van der Waals surface area contributed by atoms with Gasteiger partial charge in [-0.05, 0) is 24.6 Å². The van der Waals surface area contributed by atoms with E-state index in [9.17, 15) is 0 Å². The molecule has 0 aromatic carbocycles. The lowest BCUT2D eigenvalue weighted by atomic mass is 10.3. The van der Waals surface area contributed by atoms with E-state index in [2.05, 4.69) is 31.5 Å². The number of halogens is 1. The third-order valence-corrected chi connectivity index (χ3v) is 4.05. The average Bonchev–Trinajstić information content (AvgIpc) is 2.95. The van der Waals surface area contributed by atoms with Crippen LogP contribution in [-0.2, 0) is 13.5 Å². The van der Waals surface area contributed by atoms with Crippen LogP contribution in [0.15, 0.2) is 12.4 Å². The molecule has 3 aromatic rings. The monoisotopic (exact) mass is 308 g/mol. The highest BCUT2D eigenvalue weighted by atomic mass is 35.5. The number of hydrogen-bond acceptors (Lipinski definition) is 6. The van der Waals surface area contributed by atoms with Crippen LogP contribution in [0.2, 0.25) is 5.28 Å². The molecule has 0 aliphatic heterocycles. The van der Waals surface area contributed by atoms with Crippen molar-refractivity contribution in [2.45, 2.75) is 13.3 Å². The number of aryl methyl sites for hydroxylation is 2. The highest BCUT2D eigenvalue weighted by Crippen LogP contribution is 2.29. The molecule has 0 radical (unpaired) electrons. The predicted octanol–water partition coefficient (Wildman–Crippen LogP) is 2.44. The van der Waals surface area contributed by atoms with Crippen LogP contribution >= 0.6 is 22.9 Å². The van der Waals surface area contributed by atoms with Crippen molar-refractivity contribution in [1.82, 2.24) is 24.7 Å². The fraction of sp³-hybridized carbons (Fsp3) is 0.333. The third-order valence-electron chi connectivity index (χ3n) is 2.93. The molecule has 20 heavy (non-hydrogen) atoms. The maximum Gasteiger partial charge on any atom is 0.225 e. The summed E-state index contributed by atoms with van der Waals surface area (Å²) < 4.78 is 1.90. The van der Waals surface area contributed by atoms with Gasteiger partial charge in [0.1, 0.15) is 22.8 Å². The second-order valence-electron chi connectivity index (χ2n) is 4.45. The second kappa shape index (κ2) is 5.34. The molecular formula is C12H13ClN6S. The summed E-state index contributed by atoms with van der Waals surface area (Å²) in [7, 11) is 1.93. The lowest BCUT2D eigenvalue weighted by Gasteiger charge is -2.06. The Morgan fingerprint density at radius 3 is 3.00 bits per heavy atom. The van der Waals surface area contributed by atoms with Gasteiger partial charge in [-0.2, -0.15) is 0 Å². The molecule has 0 spiro atoms. The zero-order valence-corrected chi connectivity index (χ0v) is 12.7. The quantitative estimate of drug-likeness (QED) is 0.750. The van der Waals surface area contributed by atoms with Crippen molar-refractivity contribution < 1.29 is 0 Å². The molecule has 3 heterocycles. The van der Waals surface area contributed by atoms with Gasteiger partial charge in [0.15, 0.2) is 0 Å². The van der Waals surface area contributed by atoms with Crippen molar-refractivity contribution in [3.05, 3.63) is 28.4 Å². The van der Waals surface area contributed by atoms with Gasteiger partial charge >= 0.3 is 0 Å². The summed E-state index contributed by atoms with van der Waals surface area (Å²) >= 11 is 7.57. The van der Waals surface area contributed by atoms with E-state index in [1.807, 2.05) is 18.5 Å². The molecule has 0 fully saturated rings. The fourth-order valence-electron chi connectivity index (χ4n) is 1.98. The molecule has 104 valence electrons. The molecule has 3 aromatic heterocycles. The maximum absolute atomic E-state index is 5.95. The van der Waals surface area contributed by atoms with Gasteiger partial charge in [-0.25, -0.2) is 9.97 Å². The molecular weight excluding hydrogens is 296 g/mol. The maximum atomic E-state index is 5.95. The van der Waals surface area contributed by atoms with Gasteiger partial charge in [0, 0.05) is 24.9 Å². The Balaban J connectivity index is 1.78. The second-order valence-corrected chi connectivity index (χ2v) is 6.02. The Kier molecular flexibility index (Phi) is 3.54. The first kappa shape index (κ1) is 13.3. The Morgan fingerprint density at radius 1 is 1.40 bits per heavy atom. The van der Waals surface area contributed by atoms with Crippen molar-refractivity contribution >= 4 is 39.0 Å². The molecule has 0 atom stereocenters. The van der Waals surface area contributed by atoms with Gasteiger partial charge in [-0.3, -0.25) is 0 Å². The summed E-state index contributed by atoms with van der Waals surface area (Å²) in [6.07, 6.45) is 2.46. The highest BCUT2D eigenvalue weighted by molar-refractivity contribution is 7.18. The van der Waals surface area contributed by atoms with Gasteiger partial charge in [0.25, 0.3) is 0 Å². The number of anilines is 1. The number of aromatic nitrogens is 5. The van der Waals surface area contributed by atoms with Crippen molar-refractivity contribution in [3.63, 3.8) is 0 Å². The Labute approximate surface area is 124 Å². The van der Waals surface area contributed by atoms with Crippen LogP contribution < -0.4 is 5.32 Å². The molecule has 0 saturated heterocycles. The molecule has 0 unspecified atom stereocenters. The van der Waals surface area contributed by atoms with Gasteiger partial charge < -0.3 is 9.88 Å². The minimum Gasteiger partial charge on any atom is -0.369 e. The minimum atomic E-state index is 0.264. The number of rotatable bonds is 4. The first-order valence-electron chi connectivity index (χ1n) is 6.14. The van der Waals surface area contributed by atoms with Gasteiger partial charge in [0.05, 0.1) is 5.39 Å². The molecule has 6 nitrogen and oxygen atoms in total. The summed E-state index contributed by atoms with van der Waals surface area (Å²) in [5.74, 6) is 1.70. The number of thiophene rings is 1. The van der Waals surface area contributed by atoms with Gasteiger partial charge in [-0.15, -0.1) is 21.5 Å². The first-order valence-corrected chi connectivity index (χ1v) is 7.33.